The molecule has 2 N–H and O–H groups in total. The molecule has 1 unspecified atom stereocenters. The first-order chi connectivity index (χ1) is 20.1. The van der Waals surface area contributed by atoms with Gasteiger partial charge in [0.1, 0.15) is 18.2 Å². The van der Waals surface area contributed by atoms with Gasteiger partial charge in [-0.1, -0.05) is 37.6 Å². The highest BCUT2D eigenvalue weighted by atomic mass is 19.4. The molecule has 0 aromatic heterocycles. The van der Waals surface area contributed by atoms with Crippen molar-refractivity contribution in [3.63, 3.8) is 0 Å². The van der Waals surface area contributed by atoms with E-state index in [2.05, 4.69) is 5.32 Å². The van der Waals surface area contributed by atoms with Crippen molar-refractivity contribution < 1.29 is 31.5 Å². The van der Waals surface area contributed by atoms with Crippen LogP contribution in [0.15, 0.2) is 54.6 Å². The second-order valence-corrected chi connectivity index (χ2v) is 10.8. The van der Waals surface area contributed by atoms with Crippen LogP contribution in [0, 0.1) is 11.6 Å². The Kier molecular flexibility index (Phi) is 8.52. The average Bonchev–Trinajstić information content (AvgIpc) is 3.28. The number of hydrogen-bond donors (Lipinski definition) is 2. The van der Waals surface area contributed by atoms with Crippen LogP contribution in [0.2, 0.25) is 0 Å². The van der Waals surface area contributed by atoms with E-state index in [-0.39, 0.29) is 11.9 Å². The molecule has 222 valence electrons. The van der Waals surface area contributed by atoms with Crippen molar-refractivity contribution in [2.45, 2.75) is 57.2 Å². The standard InChI is InChI=1S/C32H32F5N3O2/c1-2-3-9-23-27-25(24-16-20(33)10-11-22(24)28(27)31(42)38-18-32(35,36)37)17-26(34)29(23)40-14-12-21(13-15-40)39-30(41)19-7-5-4-6-8-19/h4-8,10-11,16-17,21,28H,2-3,9,12-15,18H2,1H3,(H,38,42)(H,39,41). The van der Waals surface area contributed by atoms with Crippen LogP contribution < -0.4 is 15.5 Å². The summed E-state index contributed by atoms with van der Waals surface area (Å²) in [5.74, 6) is -3.30. The Morgan fingerprint density at radius 3 is 2.36 bits per heavy atom. The Labute approximate surface area is 241 Å². The van der Waals surface area contributed by atoms with Crippen molar-refractivity contribution in [2.24, 2.45) is 0 Å². The molecule has 1 aliphatic heterocycles. The second kappa shape index (κ2) is 12.1. The predicted molar refractivity (Wildman–Crippen MR) is 150 cm³/mol. The topological polar surface area (TPSA) is 61.4 Å². The first kappa shape index (κ1) is 29.5. The summed E-state index contributed by atoms with van der Waals surface area (Å²) in [6, 6.07) is 13.8. The minimum absolute atomic E-state index is 0.112. The largest absolute Gasteiger partial charge is 0.405 e. The molecule has 5 rings (SSSR count). The smallest absolute Gasteiger partial charge is 0.369 e. The van der Waals surface area contributed by atoms with Crippen LogP contribution in [0.1, 0.15) is 65.6 Å². The summed E-state index contributed by atoms with van der Waals surface area (Å²) in [4.78, 5) is 27.8. The van der Waals surface area contributed by atoms with Crippen LogP contribution in [0.4, 0.5) is 27.6 Å². The van der Waals surface area contributed by atoms with E-state index < -0.39 is 36.2 Å². The third-order valence-corrected chi connectivity index (χ3v) is 7.99. The van der Waals surface area contributed by atoms with E-state index in [1.165, 1.54) is 18.2 Å². The van der Waals surface area contributed by atoms with E-state index in [1.807, 2.05) is 23.2 Å². The maximum absolute atomic E-state index is 16.0. The Morgan fingerprint density at radius 1 is 0.976 bits per heavy atom. The van der Waals surface area contributed by atoms with Gasteiger partial charge in [0.2, 0.25) is 5.91 Å². The fourth-order valence-electron chi connectivity index (χ4n) is 6.04. The first-order valence-corrected chi connectivity index (χ1v) is 14.2. The molecule has 1 aliphatic carbocycles. The predicted octanol–water partition coefficient (Wildman–Crippen LogP) is 6.50. The number of fused-ring (bicyclic) bond motifs is 3. The molecule has 3 aromatic carbocycles. The second-order valence-electron chi connectivity index (χ2n) is 10.8. The monoisotopic (exact) mass is 585 g/mol. The number of nitrogens with one attached hydrogen (secondary N) is 2. The number of benzene rings is 3. The number of rotatable bonds is 8. The molecule has 1 saturated heterocycles. The number of anilines is 1. The molecule has 2 amide bonds. The Hall–Kier alpha value is -3.95. The van der Waals surface area contributed by atoms with Gasteiger partial charge in [0.25, 0.3) is 5.91 Å². The number of alkyl halides is 3. The van der Waals surface area contributed by atoms with Gasteiger partial charge in [-0.15, -0.1) is 0 Å². The lowest BCUT2D eigenvalue weighted by atomic mass is 9.87. The van der Waals surface area contributed by atoms with Gasteiger partial charge in [0.05, 0.1) is 11.6 Å². The Bertz CT molecular complexity index is 1470. The molecule has 0 bridgehead atoms. The molecule has 0 saturated carbocycles. The van der Waals surface area contributed by atoms with Gasteiger partial charge in [-0.25, -0.2) is 8.78 Å². The molecular weight excluding hydrogens is 553 g/mol. The summed E-state index contributed by atoms with van der Waals surface area (Å²) in [6.45, 7) is 1.33. The highest BCUT2D eigenvalue weighted by molar-refractivity contribution is 5.98. The lowest BCUT2D eigenvalue weighted by molar-refractivity contribution is -0.138. The normalized spacial score (nSPS) is 16.6. The van der Waals surface area contributed by atoms with Crippen molar-refractivity contribution in [3.05, 3.63) is 88.5 Å². The summed E-state index contributed by atoms with van der Waals surface area (Å²) >= 11 is 0. The van der Waals surface area contributed by atoms with E-state index in [9.17, 15) is 27.2 Å². The highest BCUT2D eigenvalue weighted by Gasteiger charge is 2.40. The molecule has 1 fully saturated rings. The molecule has 3 aromatic rings. The van der Waals surface area contributed by atoms with Gasteiger partial charge in [-0.2, -0.15) is 13.2 Å². The number of carbonyl (C=O) groups excluding carboxylic acids is 2. The van der Waals surface area contributed by atoms with Crippen molar-refractivity contribution >= 4 is 17.5 Å². The van der Waals surface area contributed by atoms with Gasteiger partial charge < -0.3 is 15.5 Å². The Morgan fingerprint density at radius 2 is 1.69 bits per heavy atom. The molecule has 1 heterocycles. The van der Waals surface area contributed by atoms with E-state index in [1.54, 1.807) is 24.3 Å². The zero-order valence-electron chi connectivity index (χ0n) is 23.2. The highest BCUT2D eigenvalue weighted by Crippen LogP contribution is 2.50. The zero-order chi connectivity index (χ0) is 30.0. The van der Waals surface area contributed by atoms with Gasteiger partial charge in [-0.3, -0.25) is 9.59 Å². The van der Waals surface area contributed by atoms with Crippen LogP contribution in [0.5, 0.6) is 0 Å². The number of nitrogens with zero attached hydrogens (tertiary/aromatic N) is 1. The fourth-order valence-corrected chi connectivity index (χ4v) is 6.04. The molecular formula is C32H32F5N3O2. The maximum Gasteiger partial charge on any atom is 0.405 e. The molecule has 2 aliphatic rings. The maximum atomic E-state index is 16.0. The third kappa shape index (κ3) is 6.12. The van der Waals surface area contributed by atoms with E-state index in [0.29, 0.717) is 77.8 Å². The van der Waals surface area contributed by atoms with Crippen molar-refractivity contribution in [1.29, 1.82) is 0 Å². The van der Waals surface area contributed by atoms with Crippen molar-refractivity contribution in [1.82, 2.24) is 10.6 Å². The van der Waals surface area contributed by atoms with Crippen molar-refractivity contribution in [2.75, 3.05) is 24.5 Å². The van der Waals surface area contributed by atoms with Crippen LogP contribution in [0.25, 0.3) is 11.1 Å². The number of halogens is 5. The van der Waals surface area contributed by atoms with Gasteiger partial charge in [-0.05, 0) is 83.8 Å². The lowest BCUT2D eigenvalue weighted by Crippen LogP contribution is -2.45. The molecule has 0 radical (unpaired) electrons. The molecule has 10 heteroatoms. The number of unbranched alkanes of at least 4 members (excludes halogenated alkanes) is 1. The van der Waals surface area contributed by atoms with Crippen LogP contribution in [-0.2, 0) is 11.2 Å². The average molecular weight is 586 g/mol. The van der Waals surface area contributed by atoms with Gasteiger partial charge >= 0.3 is 6.18 Å². The summed E-state index contributed by atoms with van der Waals surface area (Å²) in [5, 5.41) is 5.03. The molecule has 1 atom stereocenters. The number of amides is 2. The SMILES string of the molecule is CCCCc1c2c(cc(F)c1N1CCC(NC(=O)c3ccccc3)CC1)-c1cc(F)ccc1C2C(=O)NCC(F)(F)F. The summed E-state index contributed by atoms with van der Waals surface area (Å²) in [7, 11) is 0. The quantitative estimate of drug-likeness (QED) is 0.297. The molecule has 0 spiro atoms. The van der Waals surface area contributed by atoms with Crippen LogP contribution in [-0.4, -0.2) is 43.7 Å². The van der Waals surface area contributed by atoms with Crippen LogP contribution >= 0.6 is 0 Å². The Balaban J connectivity index is 1.48. The molecule has 42 heavy (non-hydrogen) atoms. The van der Waals surface area contributed by atoms with Gasteiger partial charge in [0.15, 0.2) is 0 Å². The van der Waals surface area contributed by atoms with E-state index in [0.717, 1.165) is 12.5 Å². The minimum Gasteiger partial charge on any atom is -0.369 e. The summed E-state index contributed by atoms with van der Waals surface area (Å²) in [6.07, 6.45) is -1.66. The third-order valence-electron chi connectivity index (χ3n) is 7.99. The van der Waals surface area contributed by atoms with Crippen LogP contribution in [0.3, 0.4) is 0 Å². The van der Waals surface area contributed by atoms with E-state index in [4.69, 9.17) is 0 Å². The zero-order valence-corrected chi connectivity index (χ0v) is 23.2. The number of piperidine rings is 1. The molecule has 5 nitrogen and oxygen atoms in total. The lowest BCUT2D eigenvalue weighted by Gasteiger charge is -2.36. The first-order valence-electron chi connectivity index (χ1n) is 14.2. The summed E-state index contributed by atoms with van der Waals surface area (Å²) < 4.78 is 69.4. The summed E-state index contributed by atoms with van der Waals surface area (Å²) in [5.41, 5.74) is 2.84. The van der Waals surface area contributed by atoms with E-state index >= 15 is 4.39 Å². The number of hydrogen-bond acceptors (Lipinski definition) is 3. The minimum atomic E-state index is -4.61. The van der Waals surface area contributed by atoms with Gasteiger partial charge in [0, 0.05) is 24.7 Å². The fraction of sp³-hybridized carbons (Fsp3) is 0.375. The number of carbonyl (C=O) groups is 2. The van der Waals surface area contributed by atoms with Crippen molar-refractivity contribution in [3.8, 4) is 11.1 Å².